The molecule has 0 spiro atoms. The van der Waals surface area contributed by atoms with E-state index < -0.39 is 0 Å². The van der Waals surface area contributed by atoms with Gasteiger partial charge < -0.3 is 14.8 Å². The molecular weight excluding hydrogens is 474 g/mol. The Labute approximate surface area is 207 Å². The molecule has 3 rings (SSSR count). The highest BCUT2D eigenvalue weighted by Gasteiger charge is 2.13. The molecule has 0 aliphatic carbocycles. The molecule has 0 fully saturated rings. The van der Waals surface area contributed by atoms with Crippen molar-refractivity contribution in [1.29, 1.82) is 0 Å². The van der Waals surface area contributed by atoms with Gasteiger partial charge in [-0.15, -0.1) is 11.8 Å². The van der Waals surface area contributed by atoms with Crippen LogP contribution in [-0.4, -0.2) is 37.0 Å². The van der Waals surface area contributed by atoms with Gasteiger partial charge in [0.2, 0.25) is 0 Å². The number of benzene rings is 3. The molecule has 0 saturated carbocycles. The Balaban J connectivity index is 1.41. The van der Waals surface area contributed by atoms with Crippen LogP contribution in [0.1, 0.15) is 12.5 Å². The van der Waals surface area contributed by atoms with Crippen molar-refractivity contribution in [2.75, 3.05) is 19.0 Å². The number of carbonyl (C=O) groups excluding carboxylic acids is 2. The van der Waals surface area contributed by atoms with Crippen LogP contribution in [0, 0.1) is 0 Å². The quantitative estimate of drug-likeness (QED) is 0.234. The third-order valence-corrected chi connectivity index (χ3v) is 5.87. The number of rotatable bonds is 10. The van der Waals surface area contributed by atoms with E-state index in [2.05, 4.69) is 15.8 Å². The summed E-state index contributed by atoms with van der Waals surface area (Å²) in [6.45, 7) is 1.68. The van der Waals surface area contributed by atoms with Gasteiger partial charge in [0.15, 0.2) is 6.61 Å². The van der Waals surface area contributed by atoms with E-state index in [4.69, 9.17) is 21.1 Å². The number of nitrogens with zero attached hydrogens (tertiary/aromatic N) is 1. The molecule has 0 heterocycles. The molecule has 0 aliphatic heterocycles. The number of methoxy groups -OCH3 is 1. The third-order valence-electron chi connectivity index (χ3n) is 4.51. The standard InChI is InChI=1S/C25H24ClN3O4S/c1-17(34-23-13-5-19(26)6-14-23)25(31)29-27-15-18-3-9-22(10-4-18)33-16-24(30)28-20-7-11-21(32-2)12-8-20/h3-15,17H,16H2,1-2H3,(H,28,30)(H,29,31)/b27-15-/t17-/m0/s1. The molecule has 9 heteroatoms. The second-order valence-electron chi connectivity index (χ2n) is 7.08. The second kappa shape index (κ2) is 12.7. The molecule has 0 bridgehead atoms. The Morgan fingerprint density at radius 1 is 1.00 bits per heavy atom. The van der Waals surface area contributed by atoms with E-state index in [1.54, 1.807) is 74.7 Å². The molecule has 7 nitrogen and oxygen atoms in total. The number of hydrogen-bond donors (Lipinski definition) is 2. The van der Waals surface area contributed by atoms with Gasteiger partial charge in [-0.25, -0.2) is 5.43 Å². The average molecular weight is 498 g/mol. The molecule has 34 heavy (non-hydrogen) atoms. The lowest BCUT2D eigenvalue weighted by Gasteiger charge is -2.09. The number of anilines is 1. The zero-order valence-corrected chi connectivity index (χ0v) is 20.2. The molecule has 2 amide bonds. The van der Waals surface area contributed by atoms with E-state index in [1.807, 2.05) is 12.1 Å². The topological polar surface area (TPSA) is 89.0 Å². The van der Waals surface area contributed by atoms with Crippen molar-refractivity contribution in [3.05, 3.63) is 83.4 Å². The monoisotopic (exact) mass is 497 g/mol. The minimum atomic E-state index is -0.321. The summed E-state index contributed by atoms with van der Waals surface area (Å²) in [5.74, 6) is 0.769. The van der Waals surface area contributed by atoms with Crippen molar-refractivity contribution < 1.29 is 19.1 Å². The second-order valence-corrected chi connectivity index (χ2v) is 8.93. The van der Waals surface area contributed by atoms with Crippen LogP contribution >= 0.6 is 23.4 Å². The van der Waals surface area contributed by atoms with Crippen molar-refractivity contribution >= 4 is 47.1 Å². The molecule has 1 atom stereocenters. The maximum atomic E-state index is 12.2. The van der Waals surface area contributed by atoms with Crippen LogP contribution in [0.4, 0.5) is 5.69 Å². The Kier molecular flexibility index (Phi) is 9.37. The van der Waals surface area contributed by atoms with E-state index in [1.165, 1.54) is 18.0 Å². The minimum absolute atomic E-state index is 0.126. The zero-order valence-electron chi connectivity index (χ0n) is 18.7. The van der Waals surface area contributed by atoms with Crippen molar-refractivity contribution in [3.8, 4) is 11.5 Å². The summed E-state index contributed by atoms with van der Waals surface area (Å²) >= 11 is 7.30. The number of hydrogen-bond acceptors (Lipinski definition) is 6. The fraction of sp³-hybridized carbons (Fsp3) is 0.160. The number of hydrazone groups is 1. The maximum absolute atomic E-state index is 12.2. The summed E-state index contributed by atoms with van der Waals surface area (Å²) < 4.78 is 10.6. The minimum Gasteiger partial charge on any atom is -0.497 e. The Hall–Kier alpha value is -3.49. The van der Waals surface area contributed by atoms with E-state index in [9.17, 15) is 9.59 Å². The highest BCUT2D eigenvalue weighted by molar-refractivity contribution is 8.00. The van der Waals surface area contributed by atoms with Crippen molar-refractivity contribution in [2.24, 2.45) is 5.10 Å². The van der Waals surface area contributed by atoms with Gasteiger partial charge in [-0.2, -0.15) is 5.10 Å². The predicted molar refractivity (Wildman–Crippen MR) is 136 cm³/mol. The molecule has 176 valence electrons. The lowest BCUT2D eigenvalue weighted by atomic mass is 10.2. The number of nitrogens with one attached hydrogen (secondary N) is 2. The van der Waals surface area contributed by atoms with Crippen LogP contribution in [0.15, 0.2) is 82.8 Å². The van der Waals surface area contributed by atoms with Crippen LogP contribution in [0.5, 0.6) is 11.5 Å². The molecule has 0 unspecified atom stereocenters. The van der Waals surface area contributed by atoms with Crippen LogP contribution in [0.2, 0.25) is 5.02 Å². The van der Waals surface area contributed by atoms with Gasteiger partial charge >= 0.3 is 0 Å². The van der Waals surface area contributed by atoms with Gasteiger partial charge in [0, 0.05) is 15.6 Å². The Morgan fingerprint density at radius 3 is 2.29 bits per heavy atom. The zero-order chi connectivity index (χ0) is 24.3. The Morgan fingerprint density at radius 2 is 1.65 bits per heavy atom. The summed E-state index contributed by atoms with van der Waals surface area (Å²) in [5, 5.41) is 7.09. The third kappa shape index (κ3) is 8.13. The first-order chi connectivity index (χ1) is 16.4. The summed E-state index contributed by atoms with van der Waals surface area (Å²) in [6.07, 6.45) is 1.54. The predicted octanol–water partition coefficient (Wildman–Crippen LogP) is 5.00. The van der Waals surface area contributed by atoms with Gasteiger partial charge in [-0.1, -0.05) is 11.6 Å². The molecule has 2 N–H and O–H groups in total. The fourth-order valence-electron chi connectivity index (χ4n) is 2.70. The van der Waals surface area contributed by atoms with E-state index in [0.29, 0.717) is 22.2 Å². The van der Waals surface area contributed by atoms with Crippen LogP contribution < -0.4 is 20.2 Å². The highest BCUT2D eigenvalue weighted by atomic mass is 35.5. The fourth-order valence-corrected chi connectivity index (χ4v) is 3.69. The number of amides is 2. The summed E-state index contributed by atoms with van der Waals surface area (Å²) in [5.41, 5.74) is 3.97. The first kappa shape index (κ1) is 25.1. The van der Waals surface area contributed by atoms with Gasteiger partial charge in [0.1, 0.15) is 11.5 Å². The van der Waals surface area contributed by atoms with E-state index in [0.717, 1.165) is 10.5 Å². The van der Waals surface area contributed by atoms with Crippen molar-refractivity contribution in [2.45, 2.75) is 17.1 Å². The lowest BCUT2D eigenvalue weighted by molar-refractivity contribution is -0.120. The van der Waals surface area contributed by atoms with E-state index in [-0.39, 0.29) is 23.7 Å². The van der Waals surface area contributed by atoms with E-state index >= 15 is 0 Å². The molecular formula is C25H24ClN3O4S. The van der Waals surface area contributed by atoms with Crippen LogP contribution in [-0.2, 0) is 9.59 Å². The average Bonchev–Trinajstić information content (AvgIpc) is 2.85. The molecule has 3 aromatic carbocycles. The first-order valence-electron chi connectivity index (χ1n) is 10.3. The first-order valence-corrected chi connectivity index (χ1v) is 11.6. The number of halogens is 1. The molecule has 3 aromatic rings. The number of ether oxygens (including phenoxy) is 2. The SMILES string of the molecule is COc1ccc(NC(=O)COc2ccc(/C=N\NC(=O)[C@H](C)Sc3ccc(Cl)cc3)cc2)cc1. The maximum Gasteiger partial charge on any atom is 0.262 e. The smallest absolute Gasteiger partial charge is 0.262 e. The van der Waals surface area contributed by atoms with Crippen LogP contribution in [0.25, 0.3) is 0 Å². The van der Waals surface area contributed by atoms with Gasteiger partial charge in [0.25, 0.3) is 11.8 Å². The van der Waals surface area contributed by atoms with Crippen molar-refractivity contribution in [3.63, 3.8) is 0 Å². The summed E-state index contributed by atoms with van der Waals surface area (Å²) in [4.78, 5) is 25.2. The molecule has 0 aliphatic rings. The number of carbonyl (C=O) groups is 2. The largest absolute Gasteiger partial charge is 0.497 e. The lowest BCUT2D eigenvalue weighted by Crippen LogP contribution is -2.26. The highest BCUT2D eigenvalue weighted by Crippen LogP contribution is 2.24. The summed E-state index contributed by atoms with van der Waals surface area (Å²) in [7, 11) is 1.58. The summed E-state index contributed by atoms with van der Waals surface area (Å²) in [6, 6.07) is 21.3. The number of thioether (sulfide) groups is 1. The van der Waals surface area contributed by atoms with Crippen molar-refractivity contribution in [1.82, 2.24) is 5.43 Å². The van der Waals surface area contributed by atoms with Gasteiger partial charge in [-0.05, 0) is 85.3 Å². The van der Waals surface area contributed by atoms with Gasteiger partial charge in [-0.3, -0.25) is 9.59 Å². The Bertz CT molecular complexity index is 1120. The normalized spacial score (nSPS) is 11.6. The van der Waals surface area contributed by atoms with Gasteiger partial charge in [0.05, 0.1) is 18.6 Å². The molecule has 0 saturated heterocycles. The van der Waals surface area contributed by atoms with Crippen LogP contribution in [0.3, 0.4) is 0 Å². The molecule has 0 radical (unpaired) electrons. The molecule has 0 aromatic heterocycles.